The molecule has 3 heteroatoms. The van der Waals surface area contributed by atoms with Gasteiger partial charge in [-0.3, -0.25) is 4.90 Å². The van der Waals surface area contributed by atoms with Crippen LogP contribution in [0.3, 0.4) is 0 Å². The van der Waals surface area contributed by atoms with Crippen molar-refractivity contribution in [2.45, 2.75) is 24.8 Å². The zero-order valence-corrected chi connectivity index (χ0v) is 12.5. The molecule has 0 aromatic heterocycles. The van der Waals surface area contributed by atoms with Crippen molar-refractivity contribution in [2.75, 3.05) is 13.1 Å². The third kappa shape index (κ3) is 3.03. The van der Waals surface area contributed by atoms with Gasteiger partial charge >= 0.3 is 0 Å². The van der Waals surface area contributed by atoms with Crippen LogP contribution in [-0.4, -0.2) is 18.0 Å². The first-order chi connectivity index (χ1) is 10.7. The molecule has 2 aromatic carbocycles. The molecule has 0 saturated carbocycles. The van der Waals surface area contributed by atoms with Crippen LogP contribution in [0.25, 0.3) is 0 Å². The summed E-state index contributed by atoms with van der Waals surface area (Å²) < 4.78 is 13.1. The lowest BCUT2D eigenvalue weighted by atomic mass is 9.74. The smallest absolute Gasteiger partial charge is 0.123 e. The average Bonchev–Trinajstić information content (AvgIpc) is 2.57. The van der Waals surface area contributed by atoms with E-state index in [1.54, 1.807) is 12.1 Å². The summed E-state index contributed by atoms with van der Waals surface area (Å²) in [6.07, 6.45) is 1.59. The van der Waals surface area contributed by atoms with E-state index in [2.05, 4.69) is 35.2 Å². The van der Waals surface area contributed by atoms with Crippen molar-refractivity contribution in [3.63, 3.8) is 0 Å². The molecule has 0 amide bonds. The van der Waals surface area contributed by atoms with Gasteiger partial charge in [0.15, 0.2) is 0 Å². The number of nitrogens with zero attached hydrogens (tertiary/aromatic N) is 2. The molecular formula is C19H19FN2. The Morgan fingerprint density at radius 1 is 1.00 bits per heavy atom. The van der Waals surface area contributed by atoms with Crippen LogP contribution >= 0.6 is 0 Å². The number of piperidine rings is 1. The van der Waals surface area contributed by atoms with Gasteiger partial charge in [-0.2, -0.15) is 5.26 Å². The van der Waals surface area contributed by atoms with Gasteiger partial charge in [-0.1, -0.05) is 42.5 Å². The number of hydrogen-bond acceptors (Lipinski definition) is 2. The van der Waals surface area contributed by atoms with Crippen LogP contribution in [0, 0.1) is 17.1 Å². The van der Waals surface area contributed by atoms with Crippen LogP contribution in [0.1, 0.15) is 24.0 Å². The number of nitriles is 1. The summed E-state index contributed by atoms with van der Waals surface area (Å²) in [6.45, 7) is 2.70. The first-order valence-corrected chi connectivity index (χ1v) is 7.65. The number of likely N-dealkylation sites (tertiary alicyclic amines) is 1. The molecule has 22 heavy (non-hydrogen) atoms. The van der Waals surface area contributed by atoms with Crippen molar-refractivity contribution in [1.29, 1.82) is 5.26 Å². The molecule has 0 bridgehead atoms. The Labute approximate surface area is 130 Å². The van der Waals surface area contributed by atoms with Gasteiger partial charge in [0.05, 0.1) is 11.5 Å². The van der Waals surface area contributed by atoms with Gasteiger partial charge < -0.3 is 0 Å². The molecular weight excluding hydrogens is 275 g/mol. The first-order valence-electron chi connectivity index (χ1n) is 7.65. The van der Waals surface area contributed by atoms with Crippen molar-refractivity contribution >= 4 is 0 Å². The van der Waals surface area contributed by atoms with Gasteiger partial charge in [0.1, 0.15) is 5.82 Å². The summed E-state index contributed by atoms with van der Waals surface area (Å²) in [4.78, 5) is 2.38. The fourth-order valence-corrected chi connectivity index (χ4v) is 3.17. The molecule has 2 aromatic rings. The Morgan fingerprint density at radius 3 is 2.23 bits per heavy atom. The molecule has 0 N–H and O–H groups in total. The molecule has 0 radical (unpaired) electrons. The van der Waals surface area contributed by atoms with Gasteiger partial charge in [0, 0.05) is 19.6 Å². The quantitative estimate of drug-likeness (QED) is 0.859. The van der Waals surface area contributed by atoms with Crippen LogP contribution in [0.4, 0.5) is 4.39 Å². The molecule has 1 heterocycles. The highest BCUT2D eigenvalue weighted by atomic mass is 19.1. The predicted molar refractivity (Wildman–Crippen MR) is 84.6 cm³/mol. The van der Waals surface area contributed by atoms with E-state index >= 15 is 0 Å². The fraction of sp³-hybridized carbons (Fsp3) is 0.316. The molecule has 3 rings (SSSR count). The molecule has 2 nitrogen and oxygen atoms in total. The minimum Gasteiger partial charge on any atom is -0.299 e. The number of benzene rings is 2. The minimum atomic E-state index is -0.471. The maximum Gasteiger partial charge on any atom is 0.123 e. The van der Waals surface area contributed by atoms with Crippen molar-refractivity contribution in [1.82, 2.24) is 4.90 Å². The Morgan fingerprint density at radius 2 is 1.64 bits per heavy atom. The van der Waals surface area contributed by atoms with Crippen LogP contribution < -0.4 is 0 Å². The largest absolute Gasteiger partial charge is 0.299 e. The van der Waals surface area contributed by atoms with Crippen molar-refractivity contribution in [3.05, 3.63) is 71.5 Å². The zero-order valence-electron chi connectivity index (χ0n) is 12.5. The van der Waals surface area contributed by atoms with E-state index < -0.39 is 5.41 Å². The highest BCUT2D eigenvalue weighted by molar-refractivity contribution is 5.33. The molecule has 0 aliphatic carbocycles. The molecule has 112 valence electrons. The normalized spacial score (nSPS) is 17.8. The Bertz CT molecular complexity index is 650. The second kappa shape index (κ2) is 6.29. The number of halogens is 1. The summed E-state index contributed by atoms with van der Waals surface area (Å²) in [7, 11) is 0. The van der Waals surface area contributed by atoms with E-state index in [0.29, 0.717) is 0 Å². The number of rotatable bonds is 3. The van der Waals surface area contributed by atoms with Gasteiger partial charge in [0.25, 0.3) is 0 Å². The maximum atomic E-state index is 13.1. The van der Waals surface area contributed by atoms with Crippen LogP contribution in [0.2, 0.25) is 0 Å². The highest BCUT2D eigenvalue weighted by Crippen LogP contribution is 2.35. The lowest BCUT2D eigenvalue weighted by molar-refractivity contribution is 0.179. The van der Waals surface area contributed by atoms with E-state index in [0.717, 1.165) is 38.0 Å². The third-order valence-electron chi connectivity index (χ3n) is 4.57. The van der Waals surface area contributed by atoms with Crippen LogP contribution in [0.5, 0.6) is 0 Å². The second-order valence-electron chi connectivity index (χ2n) is 5.96. The standard InChI is InChI=1S/C19H19FN2/c20-18-8-6-17(7-9-18)19(15-21)10-12-22(13-11-19)14-16-4-2-1-3-5-16/h1-9H,10-14H2. The zero-order chi connectivity index (χ0) is 15.4. The lowest BCUT2D eigenvalue weighted by Crippen LogP contribution is -2.41. The minimum absolute atomic E-state index is 0.252. The van der Waals surface area contributed by atoms with E-state index in [1.165, 1.54) is 17.7 Å². The summed E-state index contributed by atoms with van der Waals surface area (Å²) >= 11 is 0. The van der Waals surface area contributed by atoms with Crippen molar-refractivity contribution < 1.29 is 4.39 Å². The Kier molecular flexibility index (Phi) is 4.22. The maximum absolute atomic E-state index is 13.1. The van der Waals surface area contributed by atoms with Gasteiger partial charge in [0.2, 0.25) is 0 Å². The molecule has 0 atom stereocenters. The van der Waals surface area contributed by atoms with Crippen molar-refractivity contribution in [2.24, 2.45) is 0 Å². The second-order valence-corrected chi connectivity index (χ2v) is 5.96. The highest BCUT2D eigenvalue weighted by Gasteiger charge is 2.36. The van der Waals surface area contributed by atoms with Crippen LogP contribution in [-0.2, 0) is 12.0 Å². The fourth-order valence-electron chi connectivity index (χ4n) is 3.17. The summed E-state index contributed by atoms with van der Waals surface area (Å²) in [5.41, 5.74) is 1.77. The van der Waals surface area contributed by atoms with E-state index in [1.807, 2.05) is 6.07 Å². The lowest BCUT2D eigenvalue weighted by Gasteiger charge is -2.37. The molecule has 1 saturated heterocycles. The Hall–Kier alpha value is -2.18. The molecule has 1 aliphatic heterocycles. The summed E-state index contributed by atoms with van der Waals surface area (Å²) in [5.74, 6) is -0.252. The molecule has 0 spiro atoms. The summed E-state index contributed by atoms with van der Waals surface area (Å²) in [5, 5.41) is 9.68. The monoisotopic (exact) mass is 294 g/mol. The van der Waals surface area contributed by atoms with Gasteiger partial charge in [-0.25, -0.2) is 4.39 Å². The third-order valence-corrected chi connectivity index (χ3v) is 4.57. The van der Waals surface area contributed by atoms with E-state index in [-0.39, 0.29) is 5.82 Å². The van der Waals surface area contributed by atoms with E-state index in [9.17, 15) is 9.65 Å². The molecule has 0 unspecified atom stereocenters. The van der Waals surface area contributed by atoms with Gasteiger partial charge in [-0.05, 0) is 36.1 Å². The molecule has 1 fully saturated rings. The predicted octanol–water partition coefficient (Wildman–Crippen LogP) is 3.88. The van der Waals surface area contributed by atoms with Crippen molar-refractivity contribution in [3.8, 4) is 6.07 Å². The van der Waals surface area contributed by atoms with Gasteiger partial charge in [-0.15, -0.1) is 0 Å². The topological polar surface area (TPSA) is 27.0 Å². The average molecular weight is 294 g/mol. The SMILES string of the molecule is N#CC1(c2ccc(F)cc2)CCN(Cc2ccccc2)CC1. The Balaban J connectivity index is 1.69. The van der Waals surface area contributed by atoms with Crippen LogP contribution in [0.15, 0.2) is 54.6 Å². The molecule has 1 aliphatic rings. The number of hydrogen-bond donors (Lipinski definition) is 0. The first kappa shape index (κ1) is 14.7. The summed E-state index contributed by atoms with van der Waals surface area (Å²) in [6, 6.07) is 19.3. The van der Waals surface area contributed by atoms with E-state index in [4.69, 9.17) is 0 Å².